The van der Waals surface area contributed by atoms with Crippen molar-refractivity contribution in [3.8, 4) is 0 Å². The van der Waals surface area contributed by atoms with E-state index in [1.165, 1.54) is 0 Å². The molecule has 0 bridgehead atoms. The van der Waals surface area contributed by atoms with Gasteiger partial charge in [0.2, 0.25) is 0 Å². The van der Waals surface area contributed by atoms with Crippen LogP contribution in [0.4, 0.5) is 0 Å². The van der Waals surface area contributed by atoms with E-state index in [1.807, 2.05) is 30.8 Å². The predicted octanol–water partition coefficient (Wildman–Crippen LogP) is 2.94. The number of halogens is 1. The van der Waals surface area contributed by atoms with E-state index in [4.69, 9.17) is 11.6 Å². The third-order valence-electron chi connectivity index (χ3n) is 2.56. The highest BCUT2D eigenvalue weighted by atomic mass is 35.5. The van der Waals surface area contributed by atoms with Crippen molar-refractivity contribution in [2.75, 3.05) is 0 Å². The summed E-state index contributed by atoms with van der Waals surface area (Å²) >= 11 is 5.93. The molecule has 0 aliphatic heterocycles. The van der Waals surface area contributed by atoms with Gasteiger partial charge in [-0.25, -0.2) is 0 Å². The predicted molar refractivity (Wildman–Crippen MR) is 69.9 cm³/mol. The van der Waals surface area contributed by atoms with Gasteiger partial charge in [-0.3, -0.25) is 14.5 Å². The summed E-state index contributed by atoms with van der Waals surface area (Å²) in [6, 6.07) is 5.49. The van der Waals surface area contributed by atoms with Gasteiger partial charge in [-0.05, 0) is 32.0 Å². The summed E-state index contributed by atoms with van der Waals surface area (Å²) in [6.45, 7) is 4.07. The number of carbonyl (C=O) groups is 1. The van der Waals surface area contributed by atoms with E-state index in [2.05, 4.69) is 10.1 Å². The number of carbonyl (C=O) groups excluding carboxylic acids is 1. The van der Waals surface area contributed by atoms with Crippen LogP contribution in [0.15, 0.2) is 30.6 Å². The van der Waals surface area contributed by atoms with E-state index in [0.29, 0.717) is 10.7 Å². The van der Waals surface area contributed by atoms with Crippen molar-refractivity contribution in [1.82, 2.24) is 14.8 Å². The van der Waals surface area contributed by atoms with Crippen molar-refractivity contribution in [2.45, 2.75) is 26.3 Å². The topological polar surface area (TPSA) is 47.8 Å². The molecular formula is C13H14ClN3O. The molecule has 94 valence electrons. The number of nitrogens with zero attached hydrogens (tertiary/aromatic N) is 3. The van der Waals surface area contributed by atoms with Crippen LogP contribution in [0.3, 0.4) is 0 Å². The molecule has 0 saturated carbocycles. The van der Waals surface area contributed by atoms with Gasteiger partial charge in [-0.1, -0.05) is 11.6 Å². The fourth-order valence-corrected chi connectivity index (χ4v) is 1.83. The smallest absolute Gasteiger partial charge is 0.188 e. The van der Waals surface area contributed by atoms with Gasteiger partial charge in [0.1, 0.15) is 5.69 Å². The molecule has 2 rings (SSSR count). The van der Waals surface area contributed by atoms with Gasteiger partial charge in [-0.15, -0.1) is 0 Å². The number of rotatable bonds is 4. The van der Waals surface area contributed by atoms with Gasteiger partial charge in [0, 0.05) is 18.4 Å². The van der Waals surface area contributed by atoms with E-state index in [0.717, 1.165) is 5.69 Å². The van der Waals surface area contributed by atoms with Gasteiger partial charge in [-0.2, -0.15) is 5.10 Å². The van der Waals surface area contributed by atoms with Crippen LogP contribution in [0.5, 0.6) is 0 Å². The molecule has 0 radical (unpaired) electrons. The van der Waals surface area contributed by atoms with Crippen LogP contribution in [0.25, 0.3) is 0 Å². The highest BCUT2D eigenvalue weighted by Gasteiger charge is 2.14. The molecular weight excluding hydrogens is 250 g/mol. The minimum Gasteiger partial charge on any atom is -0.292 e. The van der Waals surface area contributed by atoms with E-state index < -0.39 is 0 Å². The fraction of sp³-hybridized carbons (Fsp3) is 0.308. The van der Waals surface area contributed by atoms with Crippen LogP contribution in [-0.4, -0.2) is 20.5 Å². The first kappa shape index (κ1) is 12.8. The Labute approximate surface area is 111 Å². The number of pyridine rings is 1. The molecule has 2 aromatic heterocycles. The molecule has 4 nitrogen and oxygen atoms in total. The first-order chi connectivity index (χ1) is 8.58. The van der Waals surface area contributed by atoms with Crippen molar-refractivity contribution in [2.24, 2.45) is 0 Å². The second-order valence-corrected chi connectivity index (χ2v) is 4.72. The van der Waals surface area contributed by atoms with Crippen LogP contribution >= 0.6 is 11.6 Å². The van der Waals surface area contributed by atoms with Crippen LogP contribution in [0.2, 0.25) is 5.02 Å². The quantitative estimate of drug-likeness (QED) is 0.797. The maximum absolute atomic E-state index is 12.0. The SMILES string of the molecule is CC(C)n1ccc(CC(=O)c2ncccc2Cl)n1. The molecule has 0 atom stereocenters. The normalized spacial score (nSPS) is 10.9. The lowest BCUT2D eigenvalue weighted by atomic mass is 10.1. The van der Waals surface area contributed by atoms with Crippen LogP contribution in [-0.2, 0) is 6.42 Å². The lowest BCUT2D eigenvalue weighted by Gasteiger charge is -2.04. The highest BCUT2D eigenvalue weighted by molar-refractivity contribution is 6.33. The summed E-state index contributed by atoms with van der Waals surface area (Å²) in [5, 5.41) is 4.71. The monoisotopic (exact) mass is 263 g/mol. The molecule has 0 fully saturated rings. The zero-order chi connectivity index (χ0) is 13.1. The molecule has 0 unspecified atom stereocenters. The Bertz CT molecular complexity index is 563. The Balaban J connectivity index is 2.14. The van der Waals surface area contributed by atoms with Crippen molar-refractivity contribution >= 4 is 17.4 Å². The molecule has 0 aliphatic rings. The third kappa shape index (κ3) is 2.76. The average Bonchev–Trinajstić information content (AvgIpc) is 2.78. The molecule has 18 heavy (non-hydrogen) atoms. The first-order valence-corrected chi connectivity index (χ1v) is 6.13. The molecule has 0 aliphatic carbocycles. The number of hydrogen-bond acceptors (Lipinski definition) is 3. The average molecular weight is 264 g/mol. The summed E-state index contributed by atoms with van der Waals surface area (Å²) in [5.41, 5.74) is 1.04. The van der Waals surface area contributed by atoms with Crippen LogP contribution in [0, 0.1) is 0 Å². The lowest BCUT2D eigenvalue weighted by Crippen LogP contribution is -2.08. The number of ketones is 1. The number of Topliss-reactive ketones (excluding diaryl/α,β-unsaturated/α-hetero) is 1. The number of hydrogen-bond donors (Lipinski definition) is 0. The third-order valence-corrected chi connectivity index (χ3v) is 2.86. The largest absolute Gasteiger partial charge is 0.292 e. The van der Waals surface area contributed by atoms with Crippen molar-refractivity contribution < 1.29 is 4.79 Å². The second-order valence-electron chi connectivity index (χ2n) is 4.31. The van der Waals surface area contributed by atoms with E-state index in [1.54, 1.807) is 18.3 Å². The van der Waals surface area contributed by atoms with Gasteiger partial charge in [0.15, 0.2) is 5.78 Å². The Hall–Kier alpha value is -1.68. The molecule has 2 heterocycles. The van der Waals surface area contributed by atoms with Gasteiger partial charge >= 0.3 is 0 Å². The molecule has 0 N–H and O–H groups in total. The first-order valence-electron chi connectivity index (χ1n) is 5.75. The summed E-state index contributed by atoms with van der Waals surface area (Å²) in [4.78, 5) is 16.0. The van der Waals surface area contributed by atoms with Crippen LogP contribution < -0.4 is 0 Å². The maximum atomic E-state index is 12.0. The second kappa shape index (κ2) is 5.31. The molecule has 0 spiro atoms. The zero-order valence-electron chi connectivity index (χ0n) is 10.3. The van der Waals surface area contributed by atoms with Gasteiger partial charge < -0.3 is 0 Å². The summed E-state index contributed by atoms with van der Waals surface area (Å²) in [5.74, 6) is -0.116. The van der Waals surface area contributed by atoms with E-state index >= 15 is 0 Å². The van der Waals surface area contributed by atoms with E-state index in [9.17, 15) is 4.79 Å². The van der Waals surface area contributed by atoms with Crippen molar-refractivity contribution in [1.29, 1.82) is 0 Å². The highest BCUT2D eigenvalue weighted by Crippen LogP contribution is 2.15. The Kier molecular flexibility index (Phi) is 3.77. The molecule has 0 amide bonds. The van der Waals surface area contributed by atoms with E-state index in [-0.39, 0.29) is 18.2 Å². The fourth-order valence-electron chi connectivity index (χ4n) is 1.60. The van der Waals surface area contributed by atoms with Crippen molar-refractivity contribution in [3.05, 3.63) is 47.0 Å². The Morgan fingerprint density at radius 1 is 1.44 bits per heavy atom. The standard InChI is InChI=1S/C13H14ClN3O/c1-9(2)17-7-5-10(16-17)8-12(18)13-11(14)4-3-6-15-13/h3-7,9H,8H2,1-2H3. The Morgan fingerprint density at radius 3 is 2.83 bits per heavy atom. The van der Waals surface area contributed by atoms with Crippen molar-refractivity contribution in [3.63, 3.8) is 0 Å². The molecule has 2 aromatic rings. The minimum absolute atomic E-state index is 0.116. The molecule has 0 aromatic carbocycles. The van der Waals surface area contributed by atoms with Gasteiger partial charge in [0.25, 0.3) is 0 Å². The van der Waals surface area contributed by atoms with Gasteiger partial charge in [0.05, 0.1) is 17.1 Å². The Morgan fingerprint density at radius 2 is 2.22 bits per heavy atom. The minimum atomic E-state index is -0.116. The summed E-state index contributed by atoms with van der Waals surface area (Å²) < 4.78 is 1.82. The molecule has 0 saturated heterocycles. The van der Waals surface area contributed by atoms with Crippen LogP contribution in [0.1, 0.15) is 36.1 Å². The summed E-state index contributed by atoms with van der Waals surface area (Å²) in [6.07, 6.45) is 3.65. The lowest BCUT2D eigenvalue weighted by molar-refractivity contribution is 0.0987. The maximum Gasteiger partial charge on any atom is 0.188 e. The molecule has 5 heteroatoms. The summed E-state index contributed by atoms with van der Waals surface area (Å²) in [7, 11) is 0. The number of aromatic nitrogens is 3. The zero-order valence-corrected chi connectivity index (χ0v) is 11.1.